The lowest BCUT2D eigenvalue weighted by Gasteiger charge is -2.22. The number of ether oxygens (including phenoxy) is 2. The van der Waals surface area contributed by atoms with Gasteiger partial charge in [-0.1, -0.05) is 19.1 Å². The molecule has 2 aromatic carbocycles. The van der Waals surface area contributed by atoms with Gasteiger partial charge in [-0.05, 0) is 85.0 Å². The van der Waals surface area contributed by atoms with Gasteiger partial charge in [0.1, 0.15) is 23.4 Å². The molecule has 176 valence electrons. The molecule has 0 saturated heterocycles. The highest BCUT2D eigenvalue weighted by atomic mass is 19.1. The van der Waals surface area contributed by atoms with E-state index in [0.717, 1.165) is 48.3 Å². The molecule has 0 bridgehead atoms. The van der Waals surface area contributed by atoms with E-state index < -0.39 is 11.9 Å². The fourth-order valence-electron chi connectivity index (χ4n) is 5.09. The van der Waals surface area contributed by atoms with Crippen LogP contribution in [0.3, 0.4) is 0 Å². The normalized spacial score (nSPS) is 18.7. The lowest BCUT2D eigenvalue weighted by Crippen LogP contribution is -2.20. The van der Waals surface area contributed by atoms with Crippen LogP contribution in [0.4, 0.5) is 4.39 Å². The van der Waals surface area contributed by atoms with Gasteiger partial charge in [0.2, 0.25) is 0 Å². The van der Waals surface area contributed by atoms with E-state index in [9.17, 15) is 14.3 Å². The first-order valence-corrected chi connectivity index (χ1v) is 11.8. The summed E-state index contributed by atoms with van der Waals surface area (Å²) in [5, 5.41) is 9.58. The van der Waals surface area contributed by atoms with Gasteiger partial charge in [0.25, 0.3) is 0 Å². The molecule has 0 unspecified atom stereocenters. The van der Waals surface area contributed by atoms with Crippen LogP contribution in [0.2, 0.25) is 0 Å². The molecule has 3 aromatic rings. The van der Waals surface area contributed by atoms with E-state index in [1.807, 2.05) is 30.3 Å². The maximum atomic E-state index is 14.4. The molecule has 3 atom stereocenters. The largest absolute Gasteiger partial charge is 0.497 e. The Bertz CT molecular complexity index is 1220. The summed E-state index contributed by atoms with van der Waals surface area (Å²) in [4.78, 5) is 16.3. The number of hydrogen-bond acceptors (Lipinski definition) is 4. The molecule has 0 aliphatic heterocycles. The van der Waals surface area contributed by atoms with Crippen molar-refractivity contribution in [1.29, 1.82) is 0 Å². The van der Waals surface area contributed by atoms with E-state index in [0.29, 0.717) is 22.8 Å². The molecule has 1 fully saturated rings. The van der Waals surface area contributed by atoms with Gasteiger partial charge in [-0.15, -0.1) is 0 Å². The minimum atomic E-state index is -0.764. The summed E-state index contributed by atoms with van der Waals surface area (Å²) in [6.07, 6.45) is 5.23. The standard InChI is InChI=1S/C28H28FNO4/c1-16(28(31)32)26(17-6-7-17)18-4-3-5-22(13-18)34-25-11-8-19-12-20(15-30-27(19)25)23-14-21(33-2)9-10-24(23)29/h3-5,9-10,12-17,25-26H,6-8,11H2,1-2H3,(H,31,32)/t16-,25+,26-/m0/s1. The maximum absolute atomic E-state index is 14.4. The van der Waals surface area contributed by atoms with E-state index in [-0.39, 0.29) is 17.8 Å². The summed E-state index contributed by atoms with van der Waals surface area (Å²) in [7, 11) is 1.56. The Morgan fingerprint density at radius 1 is 1.12 bits per heavy atom. The van der Waals surface area contributed by atoms with E-state index in [4.69, 9.17) is 9.47 Å². The van der Waals surface area contributed by atoms with Gasteiger partial charge >= 0.3 is 5.97 Å². The average molecular weight is 462 g/mol. The molecule has 1 aromatic heterocycles. The Labute approximate surface area is 198 Å². The Balaban J connectivity index is 1.37. The minimum Gasteiger partial charge on any atom is -0.497 e. The third kappa shape index (κ3) is 4.37. The van der Waals surface area contributed by atoms with Crippen molar-refractivity contribution in [2.45, 2.75) is 44.6 Å². The number of nitrogens with zero attached hydrogens (tertiary/aromatic N) is 1. The Morgan fingerprint density at radius 3 is 2.68 bits per heavy atom. The van der Waals surface area contributed by atoms with E-state index in [1.54, 1.807) is 32.4 Å². The Hall–Kier alpha value is -3.41. The highest BCUT2D eigenvalue weighted by molar-refractivity contribution is 5.71. The monoisotopic (exact) mass is 461 g/mol. The van der Waals surface area contributed by atoms with E-state index in [1.165, 1.54) is 6.07 Å². The van der Waals surface area contributed by atoms with Gasteiger partial charge in [-0.2, -0.15) is 0 Å². The highest BCUT2D eigenvalue weighted by Crippen LogP contribution is 2.47. The number of benzene rings is 2. The van der Waals surface area contributed by atoms with Crippen molar-refractivity contribution in [3.63, 3.8) is 0 Å². The molecule has 34 heavy (non-hydrogen) atoms. The third-order valence-electron chi connectivity index (χ3n) is 7.05. The number of fused-ring (bicyclic) bond motifs is 1. The lowest BCUT2D eigenvalue weighted by molar-refractivity contribution is -0.142. The van der Waals surface area contributed by atoms with Crippen LogP contribution in [0.15, 0.2) is 54.7 Å². The van der Waals surface area contributed by atoms with Gasteiger partial charge in [0.05, 0.1) is 18.7 Å². The average Bonchev–Trinajstić information content (AvgIpc) is 3.60. The molecule has 2 aliphatic carbocycles. The maximum Gasteiger partial charge on any atom is 0.306 e. The summed E-state index contributed by atoms with van der Waals surface area (Å²) in [6.45, 7) is 1.79. The number of halogens is 1. The van der Waals surface area contributed by atoms with E-state index >= 15 is 0 Å². The van der Waals surface area contributed by atoms with Crippen molar-refractivity contribution in [3.8, 4) is 22.6 Å². The smallest absolute Gasteiger partial charge is 0.306 e. The van der Waals surface area contributed by atoms with Crippen LogP contribution in [0, 0.1) is 17.7 Å². The molecular weight excluding hydrogens is 433 g/mol. The first-order chi connectivity index (χ1) is 16.4. The van der Waals surface area contributed by atoms with Crippen molar-refractivity contribution in [1.82, 2.24) is 4.98 Å². The minimum absolute atomic E-state index is 0.00430. The van der Waals surface area contributed by atoms with Gasteiger partial charge in [0.15, 0.2) is 0 Å². The van der Waals surface area contributed by atoms with Crippen molar-refractivity contribution >= 4 is 5.97 Å². The van der Waals surface area contributed by atoms with Gasteiger partial charge in [-0.3, -0.25) is 9.78 Å². The van der Waals surface area contributed by atoms with Crippen LogP contribution in [0.1, 0.15) is 55.0 Å². The topological polar surface area (TPSA) is 68.7 Å². The van der Waals surface area contributed by atoms with Crippen LogP contribution < -0.4 is 9.47 Å². The second-order valence-electron chi connectivity index (χ2n) is 9.32. The van der Waals surface area contributed by atoms with Crippen molar-refractivity contribution in [3.05, 3.63) is 77.4 Å². The third-order valence-corrected chi connectivity index (χ3v) is 7.05. The molecule has 0 amide bonds. The number of aliphatic carboxylic acids is 1. The molecule has 6 heteroatoms. The van der Waals surface area contributed by atoms with Crippen LogP contribution in [-0.4, -0.2) is 23.2 Å². The molecule has 5 nitrogen and oxygen atoms in total. The number of hydrogen-bond donors (Lipinski definition) is 1. The number of methoxy groups -OCH3 is 1. The zero-order valence-electron chi connectivity index (χ0n) is 19.3. The predicted octanol–water partition coefficient (Wildman–Crippen LogP) is 6.18. The molecule has 2 aliphatic rings. The summed E-state index contributed by atoms with van der Waals surface area (Å²) >= 11 is 0. The Morgan fingerprint density at radius 2 is 1.94 bits per heavy atom. The van der Waals surface area contributed by atoms with Crippen LogP contribution in [-0.2, 0) is 11.2 Å². The zero-order valence-corrected chi connectivity index (χ0v) is 19.3. The van der Waals surface area contributed by atoms with Gasteiger partial charge in [0, 0.05) is 17.3 Å². The number of carbonyl (C=O) groups is 1. The van der Waals surface area contributed by atoms with Crippen molar-refractivity contribution in [2.75, 3.05) is 7.11 Å². The lowest BCUT2D eigenvalue weighted by atomic mass is 9.83. The summed E-state index contributed by atoms with van der Waals surface area (Å²) in [5.74, 6) is 0.224. The molecule has 1 N–H and O–H groups in total. The highest BCUT2D eigenvalue weighted by Gasteiger charge is 2.38. The van der Waals surface area contributed by atoms with Crippen molar-refractivity contribution < 1.29 is 23.8 Å². The quantitative estimate of drug-likeness (QED) is 0.434. The molecular formula is C28H28FNO4. The van der Waals surface area contributed by atoms with Crippen LogP contribution >= 0.6 is 0 Å². The number of rotatable bonds is 8. The van der Waals surface area contributed by atoms with Crippen LogP contribution in [0.5, 0.6) is 11.5 Å². The number of aromatic nitrogens is 1. The predicted molar refractivity (Wildman–Crippen MR) is 127 cm³/mol. The van der Waals surface area contributed by atoms with Gasteiger partial charge in [-0.25, -0.2) is 4.39 Å². The molecule has 5 rings (SSSR count). The summed E-state index contributed by atoms with van der Waals surface area (Å²) in [6, 6.07) is 14.5. The summed E-state index contributed by atoms with van der Waals surface area (Å²) in [5.41, 5.74) is 4.12. The SMILES string of the molecule is COc1ccc(F)c(-c2cnc3c(c2)CC[C@H]3Oc2cccc([C@H](C3CC3)[C@H](C)C(=O)O)c2)c1. The number of carboxylic acid groups (broad SMARTS) is 1. The number of aryl methyl sites for hydroxylation is 1. The fraction of sp³-hybridized carbons (Fsp3) is 0.357. The molecule has 1 heterocycles. The molecule has 0 spiro atoms. The molecule has 0 radical (unpaired) electrons. The van der Waals surface area contributed by atoms with Crippen molar-refractivity contribution in [2.24, 2.45) is 11.8 Å². The molecule has 1 saturated carbocycles. The van der Waals surface area contributed by atoms with Gasteiger partial charge < -0.3 is 14.6 Å². The second-order valence-corrected chi connectivity index (χ2v) is 9.32. The number of pyridine rings is 1. The second kappa shape index (κ2) is 9.09. The van der Waals surface area contributed by atoms with Crippen LogP contribution in [0.25, 0.3) is 11.1 Å². The van der Waals surface area contributed by atoms with E-state index in [2.05, 4.69) is 4.98 Å². The summed E-state index contributed by atoms with van der Waals surface area (Å²) < 4.78 is 26.0. The Kier molecular flexibility index (Phi) is 5.98. The first-order valence-electron chi connectivity index (χ1n) is 11.8. The number of carboxylic acids is 1. The first kappa shape index (κ1) is 22.4. The fourth-order valence-corrected chi connectivity index (χ4v) is 5.09. The zero-order chi connectivity index (χ0) is 23.8.